The van der Waals surface area contributed by atoms with Crippen molar-refractivity contribution >= 4 is 43.4 Å². The third-order valence-corrected chi connectivity index (χ3v) is 10.0. The molecule has 0 fully saturated rings. The molecule has 3 heteroatoms. The molecule has 238 valence electrons. The Morgan fingerprint density at radius 2 is 0.941 bits per heavy atom. The monoisotopic (exact) mass is 649 g/mol. The molecule has 0 spiro atoms. The van der Waals surface area contributed by atoms with Gasteiger partial charge in [0.2, 0.25) is 0 Å². The smallest absolute Gasteiger partial charge is 0.147 e. The van der Waals surface area contributed by atoms with Crippen LogP contribution < -0.4 is 0 Å². The standard InChI is InChI=1S/C48H31N3/c1-2-12-32(13-3-1)37-29-38(31-49-30-37)48-50-44-20-10-11-21-45(44)51(48)39-26-24-34(25-27-39)46-40-16-6-8-18-42(40)47(43-19-9-7-17-41(43)46)36-23-22-33-14-4-5-15-35(33)28-36/h1-31H. The number of nitrogens with zero attached hydrogens (tertiary/aromatic N) is 3. The molecule has 0 atom stereocenters. The molecule has 0 saturated heterocycles. The van der Waals surface area contributed by atoms with Crippen molar-refractivity contribution in [2.45, 2.75) is 0 Å². The fourth-order valence-corrected chi connectivity index (χ4v) is 7.70. The highest BCUT2D eigenvalue weighted by molar-refractivity contribution is 6.21. The summed E-state index contributed by atoms with van der Waals surface area (Å²) in [5, 5.41) is 7.48. The number of hydrogen-bond donors (Lipinski definition) is 0. The Bertz CT molecular complexity index is 2850. The lowest BCUT2D eigenvalue weighted by Gasteiger charge is -2.18. The predicted octanol–water partition coefficient (Wildman–Crippen LogP) is 12.5. The van der Waals surface area contributed by atoms with Crippen LogP contribution in [0.2, 0.25) is 0 Å². The molecule has 8 aromatic carbocycles. The molecular formula is C48H31N3. The van der Waals surface area contributed by atoms with Crippen LogP contribution in [0.5, 0.6) is 0 Å². The van der Waals surface area contributed by atoms with E-state index in [-0.39, 0.29) is 0 Å². The van der Waals surface area contributed by atoms with E-state index in [4.69, 9.17) is 4.98 Å². The second-order valence-electron chi connectivity index (χ2n) is 13.0. The highest BCUT2D eigenvalue weighted by Gasteiger charge is 2.19. The molecule has 0 aliphatic carbocycles. The van der Waals surface area contributed by atoms with Crippen LogP contribution in [0.1, 0.15) is 0 Å². The largest absolute Gasteiger partial charge is 0.292 e. The van der Waals surface area contributed by atoms with E-state index < -0.39 is 0 Å². The summed E-state index contributed by atoms with van der Waals surface area (Å²) < 4.78 is 2.25. The molecule has 0 N–H and O–H groups in total. The number of hydrogen-bond acceptors (Lipinski definition) is 2. The topological polar surface area (TPSA) is 30.7 Å². The molecule has 0 radical (unpaired) electrons. The van der Waals surface area contributed by atoms with Crippen molar-refractivity contribution in [2.75, 3.05) is 0 Å². The van der Waals surface area contributed by atoms with E-state index in [2.05, 4.69) is 173 Å². The Morgan fingerprint density at radius 3 is 1.67 bits per heavy atom. The van der Waals surface area contributed by atoms with Crippen molar-refractivity contribution in [2.24, 2.45) is 0 Å². The number of aromatic nitrogens is 3. The summed E-state index contributed by atoms with van der Waals surface area (Å²) in [7, 11) is 0. The number of para-hydroxylation sites is 2. The highest BCUT2D eigenvalue weighted by atomic mass is 15.1. The van der Waals surface area contributed by atoms with E-state index in [1.54, 1.807) is 0 Å². The Morgan fingerprint density at radius 1 is 0.373 bits per heavy atom. The van der Waals surface area contributed by atoms with Crippen molar-refractivity contribution in [1.29, 1.82) is 0 Å². The highest BCUT2D eigenvalue weighted by Crippen LogP contribution is 2.44. The zero-order valence-corrected chi connectivity index (χ0v) is 27.7. The Hall–Kier alpha value is -6.84. The van der Waals surface area contributed by atoms with E-state index in [0.717, 1.165) is 39.2 Å². The van der Waals surface area contributed by atoms with E-state index >= 15 is 0 Å². The molecule has 0 bridgehead atoms. The molecule has 0 amide bonds. The van der Waals surface area contributed by atoms with E-state index in [0.29, 0.717) is 0 Å². The fourth-order valence-electron chi connectivity index (χ4n) is 7.70. The third kappa shape index (κ3) is 4.90. The first-order valence-electron chi connectivity index (χ1n) is 17.3. The molecule has 0 saturated carbocycles. The maximum Gasteiger partial charge on any atom is 0.147 e. The number of rotatable bonds is 5. The van der Waals surface area contributed by atoms with Gasteiger partial charge in [0.1, 0.15) is 5.82 Å². The summed E-state index contributed by atoms with van der Waals surface area (Å²) in [6, 6.07) is 63.0. The molecule has 3 nitrogen and oxygen atoms in total. The zero-order chi connectivity index (χ0) is 33.7. The fraction of sp³-hybridized carbons (Fsp3) is 0. The van der Waals surface area contributed by atoms with Gasteiger partial charge in [-0.2, -0.15) is 0 Å². The maximum absolute atomic E-state index is 5.14. The lowest BCUT2D eigenvalue weighted by atomic mass is 9.85. The third-order valence-electron chi connectivity index (χ3n) is 10.0. The van der Waals surface area contributed by atoms with Gasteiger partial charge in [-0.15, -0.1) is 0 Å². The summed E-state index contributed by atoms with van der Waals surface area (Å²) in [4.78, 5) is 9.78. The second-order valence-corrected chi connectivity index (χ2v) is 13.0. The predicted molar refractivity (Wildman–Crippen MR) is 213 cm³/mol. The molecule has 51 heavy (non-hydrogen) atoms. The Kier molecular flexibility index (Phi) is 6.81. The van der Waals surface area contributed by atoms with Crippen molar-refractivity contribution < 1.29 is 0 Å². The summed E-state index contributed by atoms with van der Waals surface area (Å²) in [6.07, 6.45) is 3.83. The van der Waals surface area contributed by atoms with Crippen molar-refractivity contribution in [3.63, 3.8) is 0 Å². The van der Waals surface area contributed by atoms with Crippen LogP contribution in [0.3, 0.4) is 0 Å². The summed E-state index contributed by atoms with van der Waals surface area (Å²) in [5.74, 6) is 0.866. The van der Waals surface area contributed by atoms with Gasteiger partial charge in [-0.25, -0.2) is 4.98 Å². The van der Waals surface area contributed by atoms with Gasteiger partial charge in [0.15, 0.2) is 0 Å². The quantitative estimate of drug-likeness (QED) is 0.174. The van der Waals surface area contributed by atoms with Crippen LogP contribution in [0.4, 0.5) is 0 Å². The SMILES string of the molecule is c1ccc(-c2cncc(-c3nc4ccccc4n3-c3ccc(-c4c5ccccc5c(-c5ccc6ccccc6c5)c5ccccc45)cc3)c2)cc1. The molecule has 2 aromatic heterocycles. The number of fused-ring (bicyclic) bond motifs is 4. The first-order valence-corrected chi connectivity index (χ1v) is 17.3. The van der Waals surface area contributed by atoms with Crippen molar-refractivity contribution in [1.82, 2.24) is 14.5 Å². The van der Waals surface area contributed by atoms with Gasteiger partial charge < -0.3 is 0 Å². The summed E-state index contributed by atoms with van der Waals surface area (Å²) >= 11 is 0. The van der Waals surface area contributed by atoms with Crippen LogP contribution in [0.25, 0.3) is 93.8 Å². The lowest BCUT2D eigenvalue weighted by molar-refractivity contribution is 1.10. The van der Waals surface area contributed by atoms with Gasteiger partial charge in [-0.3, -0.25) is 9.55 Å². The van der Waals surface area contributed by atoms with Crippen LogP contribution in [-0.4, -0.2) is 14.5 Å². The van der Waals surface area contributed by atoms with Crippen LogP contribution in [-0.2, 0) is 0 Å². The molecule has 10 rings (SSSR count). The second kappa shape index (κ2) is 11.9. The van der Waals surface area contributed by atoms with Gasteiger partial charge in [-0.05, 0) is 96.5 Å². The van der Waals surface area contributed by atoms with E-state index in [9.17, 15) is 0 Å². The van der Waals surface area contributed by atoms with Gasteiger partial charge in [0.25, 0.3) is 0 Å². The minimum Gasteiger partial charge on any atom is -0.292 e. The molecule has 0 aliphatic heterocycles. The minimum absolute atomic E-state index is 0.866. The average Bonchev–Trinajstić information content (AvgIpc) is 3.60. The summed E-state index contributed by atoms with van der Waals surface area (Å²) in [5.41, 5.74) is 11.1. The van der Waals surface area contributed by atoms with E-state index in [1.165, 1.54) is 54.6 Å². The lowest BCUT2D eigenvalue weighted by Crippen LogP contribution is -1.98. The Labute approximate surface area is 295 Å². The van der Waals surface area contributed by atoms with Crippen LogP contribution >= 0.6 is 0 Å². The van der Waals surface area contributed by atoms with Crippen LogP contribution in [0, 0.1) is 0 Å². The zero-order valence-electron chi connectivity index (χ0n) is 27.7. The van der Waals surface area contributed by atoms with E-state index in [1.807, 2.05) is 24.5 Å². The first kappa shape index (κ1) is 29.1. The normalized spacial score (nSPS) is 11.5. The molecule has 2 heterocycles. The first-order chi connectivity index (χ1) is 25.3. The van der Waals surface area contributed by atoms with Crippen LogP contribution in [0.15, 0.2) is 188 Å². The molecule has 0 aliphatic rings. The molecular weight excluding hydrogens is 619 g/mol. The Balaban J connectivity index is 1.14. The molecule has 0 unspecified atom stereocenters. The minimum atomic E-state index is 0.866. The van der Waals surface area contributed by atoms with Gasteiger partial charge in [-0.1, -0.05) is 140 Å². The summed E-state index contributed by atoms with van der Waals surface area (Å²) in [6.45, 7) is 0. The van der Waals surface area contributed by atoms with Gasteiger partial charge in [0.05, 0.1) is 11.0 Å². The molecule has 10 aromatic rings. The number of imidazole rings is 1. The number of benzene rings is 8. The van der Waals surface area contributed by atoms with Gasteiger partial charge in [0, 0.05) is 29.2 Å². The van der Waals surface area contributed by atoms with Crippen molar-refractivity contribution in [3.05, 3.63) is 188 Å². The maximum atomic E-state index is 5.14. The average molecular weight is 650 g/mol. The van der Waals surface area contributed by atoms with Gasteiger partial charge >= 0.3 is 0 Å². The van der Waals surface area contributed by atoms with Crippen molar-refractivity contribution in [3.8, 4) is 50.5 Å². The number of pyridine rings is 1.